The highest BCUT2D eigenvalue weighted by Crippen LogP contribution is 2.27. The standard InChI is InChI=1S/C11H11BrIN3/c1-6(2)10-14-11(16-15-10)8-5-7(13)3-4-9(8)12/h3-6H,1-2H3,(H,14,15,16). The van der Waals surface area contributed by atoms with Crippen molar-refractivity contribution in [2.45, 2.75) is 19.8 Å². The molecule has 0 aliphatic heterocycles. The number of nitrogens with zero attached hydrogens (tertiary/aromatic N) is 2. The molecule has 1 aromatic heterocycles. The fraction of sp³-hybridized carbons (Fsp3) is 0.273. The Balaban J connectivity index is 2.46. The number of hydrogen-bond donors (Lipinski definition) is 1. The first-order chi connectivity index (χ1) is 7.58. The van der Waals surface area contributed by atoms with E-state index in [-0.39, 0.29) is 0 Å². The van der Waals surface area contributed by atoms with Crippen molar-refractivity contribution in [2.24, 2.45) is 0 Å². The third-order valence-corrected chi connectivity index (χ3v) is 3.58. The minimum atomic E-state index is 0.364. The Kier molecular flexibility index (Phi) is 3.63. The zero-order chi connectivity index (χ0) is 11.7. The lowest BCUT2D eigenvalue weighted by Gasteiger charge is -2.00. The van der Waals surface area contributed by atoms with Crippen LogP contribution in [-0.4, -0.2) is 15.2 Å². The second-order valence-corrected chi connectivity index (χ2v) is 5.92. The van der Waals surface area contributed by atoms with E-state index in [2.05, 4.69) is 73.6 Å². The van der Waals surface area contributed by atoms with Gasteiger partial charge in [0.05, 0.1) is 0 Å². The summed E-state index contributed by atoms with van der Waals surface area (Å²) in [6, 6.07) is 6.13. The molecule has 0 unspecified atom stereocenters. The first-order valence-electron chi connectivity index (χ1n) is 4.95. The molecule has 1 aromatic carbocycles. The molecule has 1 N–H and O–H groups in total. The van der Waals surface area contributed by atoms with Crippen molar-refractivity contribution in [3.05, 3.63) is 32.1 Å². The maximum atomic E-state index is 4.48. The first-order valence-corrected chi connectivity index (χ1v) is 6.83. The van der Waals surface area contributed by atoms with Gasteiger partial charge in [0.1, 0.15) is 5.82 Å². The minimum Gasteiger partial charge on any atom is -0.262 e. The van der Waals surface area contributed by atoms with Crippen LogP contribution in [-0.2, 0) is 0 Å². The number of aromatic amines is 1. The third kappa shape index (κ3) is 2.45. The van der Waals surface area contributed by atoms with Gasteiger partial charge in [0.25, 0.3) is 0 Å². The van der Waals surface area contributed by atoms with E-state index in [0.717, 1.165) is 21.7 Å². The highest BCUT2D eigenvalue weighted by atomic mass is 127. The number of benzene rings is 1. The van der Waals surface area contributed by atoms with Crippen LogP contribution in [0.25, 0.3) is 11.4 Å². The lowest BCUT2D eigenvalue weighted by molar-refractivity contribution is 0.781. The van der Waals surface area contributed by atoms with Crippen LogP contribution in [0, 0.1) is 3.57 Å². The Hall–Kier alpha value is -0.430. The molecule has 5 heteroatoms. The van der Waals surface area contributed by atoms with Gasteiger partial charge < -0.3 is 0 Å². The summed E-state index contributed by atoms with van der Waals surface area (Å²) in [5.41, 5.74) is 1.02. The lowest BCUT2D eigenvalue weighted by atomic mass is 10.2. The molecule has 2 aromatic rings. The van der Waals surface area contributed by atoms with E-state index in [9.17, 15) is 0 Å². The molecule has 0 radical (unpaired) electrons. The van der Waals surface area contributed by atoms with Gasteiger partial charge in [0, 0.05) is 19.5 Å². The first kappa shape index (κ1) is 12.0. The van der Waals surface area contributed by atoms with Crippen LogP contribution in [0.5, 0.6) is 0 Å². The van der Waals surface area contributed by atoms with E-state index >= 15 is 0 Å². The Labute approximate surface area is 116 Å². The summed E-state index contributed by atoms with van der Waals surface area (Å²) < 4.78 is 2.19. The van der Waals surface area contributed by atoms with Crippen LogP contribution < -0.4 is 0 Å². The Morgan fingerprint density at radius 2 is 2.12 bits per heavy atom. The highest BCUT2D eigenvalue weighted by molar-refractivity contribution is 14.1. The molecule has 0 saturated heterocycles. The number of H-pyrrole nitrogens is 1. The summed E-state index contributed by atoms with van der Waals surface area (Å²) in [6.07, 6.45) is 0. The Morgan fingerprint density at radius 1 is 1.38 bits per heavy atom. The van der Waals surface area contributed by atoms with Gasteiger partial charge in [-0.1, -0.05) is 29.8 Å². The van der Waals surface area contributed by atoms with Crippen LogP contribution in [0.3, 0.4) is 0 Å². The summed E-state index contributed by atoms with van der Waals surface area (Å²) >= 11 is 5.80. The van der Waals surface area contributed by atoms with Crippen molar-refractivity contribution in [1.82, 2.24) is 15.2 Å². The molecule has 0 saturated carbocycles. The lowest BCUT2D eigenvalue weighted by Crippen LogP contribution is -1.89. The molecular formula is C11H11BrIN3. The Morgan fingerprint density at radius 3 is 2.75 bits per heavy atom. The molecule has 0 atom stereocenters. The molecule has 2 rings (SSSR count). The molecule has 0 spiro atoms. The molecule has 0 amide bonds. The van der Waals surface area contributed by atoms with Gasteiger partial charge in [-0.05, 0) is 40.8 Å². The minimum absolute atomic E-state index is 0.364. The average Bonchev–Trinajstić information content (AvgIpc) is 2.70. The summed E-state index contributed by atoms with van der Waals surface area (Å²) in [5.74, 6) is 2.03. The molecular weight excluding hydrogens is 381 g/mol. The van der Waals surface area contributed by atoms with Gasteiger partial charge in [-0.15, -0.1) is 0 Å². The molecule has 1 heterocycles. The van der Waals surface area contributed by atoms with E-state index < -0.39 is 0 Å². The van der Waals surface area contributed by atoms with Crippen molar-refractivity contribution < 1.29 is 0 Å². The second kappa shape index (κ2) is 4.83. The molecule has 84 valence electrons. The summed E-state index contributed by atoms with van der Waals surface area (Å²) in [5, 5.41) is 7.21. The van der Waals surface area contributed by atoms with Crippen LogP contribution >= 0.6 is 38.5 Å². The quantitative estimate of drug-likeness (QED) is 0.787. The predicted molar refractivity (Wildman–Crippen MR) is 76.3 cm³/mol. The van der Waals surface area contributed by atoms with Gasteiger partial charge in [-0.3, -0.25) is 5.10 Å². The molecule has 0 bridgehead atoms. The van der Waals surface area contributed by atoms with Gasteiger partial charge in [0.2, 0.25) is 0 Å². The molecule has 0 aliphatic rings. The number of rotatable bonds is 2. The predicted octanol–water partition coefficient (Wildman–Crippen LogP) is 3.96. The van der Waals surface area contributed by atoms with Crippen molar-refractivity contribution in [3.8, 4) is 11.4 Å². The van der Waals surface area contributed by atoms with Gasteiger partial charge in [-0.25, -0.2) is 4.98 Å². The van der Waals surface area contributed by atoms with Crippen LogP contribution in [0.2, 0.25) is 0 Å². The number of halogens is 2. The van der Waals surface area contributed by atoms with Gasteiger partial charge >= 0.3 is 0 Å². The monoisotopic (exact) mass is 391 g/mol. The van der Waals surface area contributed by atoms with Crippen molar-refractivity contribution in [1.29, 1.82) is 0 Å². The molecule has 0 fully saturated rings. The third-order valence-electron chi connectivity index (χ3n) is 2.22. The zero-order valence-corrected chi connectivity index (χ0v) is 12.7. The maximum absolute atomic E-state index is 4.48. The molecule has 3 nitrogen and oxygen atoms in total. The van der Waals surface area contributed by atoms with Gasteiger partial charge in [-0.2, -0.15) is 5.10 Å². The molecule has 0 aliphatic carbocycles. The fourth-order valence-corrected chi connectivity index (χ4v) is 2.24. The smallest absolute Gasteiger partial charge is 0.182 e. The van der Waals surface area contributed by atoms with Gasteiger partial charge in [0.15, 0.2) is 5.82 Å². The normalized spacial score (nSPS) is 11.1. The summed E-state index contributed by atoms with van der Waals surface area (Å²) in [4.78, 5) is 4.48. The van der Waals surface area contributed by atoms with E-state index in [4.69, 9.17) is 0 Å². The van der Waals surface area contributed by atoms with E-state index in [0.29, 0.717) is 5.92 Å². The molecule has 16 heavy (non-hydrogen) atoms. The second-order valence-electron chi connectivity index (χ2n) is 3.82. The topological polar surface area (TPSA) is 41.6 Å². The number of hydrogen-bond acceptors (Lipinski definition) is 2. The number of nitrogens with one attached hydrogen (secondary N) is 1. The Bertz CT molecular complexity index is 508. The maximum Gasteiger partial charge on any atom is 0.182 e. The number of aromatic nitrogens is 3. The summed E-state index contributed by atoms with van der Waals surface area (Å²) in [7, 11) is 0. The van der Waals surface area contributed by atoms with Crippen LogP contribution in [0.15, 0.2) is 22.7 Å². The van der Waals surface area contributed by atoms with Crippen molar-refractivity contribution in [2.75, 3.05) is 0 Å². The van der Waals surface area contributed by atoms with E-state index in [1.54, 1.807) is 0 Å². The zero-order valence-electron chi connectivity index (χ0n) is 8.96. The van der Waals surface area contributed by atoms with Crippen LogP contribution in [0.4, 0.5) is 0 Å². The average molecular weight is 392 g/mol. The van der Waals surface area contributed by atoms with E-state index in [1.807, 2.05) is 12.1 Å². The fourth-order valence-electron chi connectivity index (χ4n) is 1.32. The van der Waals surface area contributed by atoms with Crippen LogP contribution in [0.1, 0.15) is 25.6 Å². The summed E-state index contributed by atoms with van der Waals surface area (Å²) in [6.45, 7) is 4.18. The van der Waals surface area contributed by atoms with Crippen molar-refractivity contribution in [3.63, 3.8) is 0 Å². The van der Waals surface area contributed by atoms with Crippen molar-refractivity contribution >= 4 is 38.5 Å². The largest absolute Gasteiger partial charge is 0.262 e. The highest BCUT2D eigenvalue weighted by Gasteiger charge is 2.11. The van der Waals surface area contributed by atoms with E-state index in [1.165, 1.54) is 3.57 Å². The SMILES string of the molecule is CC(C)c1nc(-c2cc(I)ccc2Br)n[nH]1.